The number of aromatic nitrogens is 3. The maximum atomic E-state index is 12.2. The lowest BCUT2D eigenvalue weighted by atomic mass is 9.59. The van der Waals surface area contributed by atoms with Crippen LogP contribution in [0.4, 0.5) is 5.82 Å². The number of nitrogens with one attached hydrogen (secondary N) is 2. The van der Waals surface area contributed by atoms with Gasteiger partial charge in [0.05, 0.1) is 15.7 Å². The van der Waals surface area contributed by atoms with Crippen LogP contribution in [-0.4, -0.2) is 21.2 Å². The number of halogens is 2. The van der Waals surface area contributed by atoms with E-state index in [0.29, 0.717) is 18.1 Å². The Hall–Kier alpha value is -3.04. The summed E-state index contributed by atoms with van der Waals surface area (Å²) in [6, 6.07) is 2.85. The van der Waals surface area contributed by atoms with Crippen molar-refractivity contribution in [2.45, 2.75) is 39.5 Å². The molecule has 1 fully saturated rings. The smallest absolute Gasteiger partial charge is 0.349 e. The summed E-state index contributed by atoms with van der Waals surface area (Å²) in [5.74, 6) is 0.569. The highest BCUT2D eigenvalue weighted by molar-refractivity contribution is 6.37. The van der Waals surface area contributed by atoms with Crippen molar-refractivity contribution in [1.82, 2.24) is 20.1 Å². The van der Waals surface area contributed by atoms with E-state index in [2.05, 4.69) is 29.2 Å². The van der Waals surface area contributed by atoms with Crippen LogP contribution in [0, 0.1) is 11.3 Å². The molecule has 33 heavy (non-hydrogen) atoms. The predicted molar refractivity (Wildman–Crippen MR) is 126 cm³/mol. The van der Waals surface area contributed by atoms with Gasteiger partial charge in [0.2, 0.25) is 12.2 Å². The first-order chi connectivity index (χ1) is 15.6. The zero-order valence-corrected chi connectivity index (χ0v) is 19.6. The number of carbonyl (C=O) groups is 1. The van der Waals surface area contributed by atoms with Crippen molar-refractivity contribution < 1.29 is 9.53 Å². The first kappa shape index (κ1) is 23.1. The number of H-pyrrole nitrogens is 1. The molecule has 0 atom stereocenters. The molecule has 1 amide bonds. The van der Waals surface area contributed by atoms with Gasteiger partial charge in [-0.05, 0) is 61.6 Å². The number of allylic oxidation sites excluding steroid dienone is 2. The fraction of sp³-hybridized carbons (Fsp3) is 0.364. The molecule has 0 aliphatic heterocycles. The van der Waals surface area contributed by atoms with Gasteiger partial charge in [-0.3, -0.25) is 14.6 Å². The minimum Gasteiger partial charge on any atom is -0.452 e. The van der Waals surface area contributed by atoms with Gasteiger partial charge in [-0.15, -0.1) is 5.10 Å². The molecular formula is C22H23Cl2N5O4. The Morgan fingerprint density at radius 3 is 2.55 bits per heavy atom. The van der Waals surface area contributed by atoms with Crippen LogP contribution >= 0.6 is 23.2 Å². The summed E-state index contributed by atoms with van der Waals surface area (Å²) in [5, 5.41) is 6.57. The van der Waals surface area contributed by atoms with E-state index in [1.54, 1.807) is 0 Å². The summed E-state index contributed by atoms with van der Waals surface area (Å²) >= 11 is 13.0. The van der Waals surface area contributed by atoms with Crippen molar-refractivity contribution in [3.63, 3.8) is 0 Å². The highest BCUT2D eigenvalue weighted by Crippen LogP contribution is 2.55. The number of rotatable bonds is 6. The number of fused-ring (bicyclic) bond motifs is 2. The fourth-order valence-electron chi connectivity index (χ4n) is 4.67. The van der Waals surface area contributed by atoms with Crippen molar-refractivity contribution in [3.05, 3.63) is 66.1 Å². The Labute approximate surface area is 199 Å². The lowest BCUT2D eigenvalue weighted by Crippen LogP contribution is -2.35. The summed E-state index contributed by atoms with van der Waals surface area (Å²) in [6.07, 6.45) is 6.36. The molecule has 0 radical (unpaired) electrons. The van der Waals surface area contributed by atoms with Crippen molar-refractivity contribution in [2.24, 2.45) is 11.3 Å². The summed E-state index contributed by atoms with van der Waals surface area (Å²) in [6.45, 7) is 4.35. The van der Waals surface area contributed by atoms with Gasteiger partial charge in [-0.25, -0.2) is 4.79 Å². The van der Waals surface area contributed by atoms with Crippen LogP contribution in [0.5, 0.6) is 5.75 Å². The molecule has 5 rings (SSSR count). The lowest BCUT2D eigenvalue weighted by Gasteiger charge is -2.47. The molecule has 4 N–H and O–H groups in total. The second kappa shape index (κ2) is 8.72. The number of nitrogens with two attached hydrogens (primary N) is 1. The zero-order chi connectivity index (χ0) is 23.9. The Bertz CT molecular complexity index is 1280. The number of benzene rings is 1. The minimum absolute atomic E-state index is 0.0855. The monoisotopic (exact) mass is 491 g/mol. The van der Waals surface area contributed by atoms with Gasteiger partial charge in [0.1, 0.15) is 5.76 Å². The third-order valence-corrected chi connectivity index (χ3v) is 7.21. The van der Waals surface area contributed by atoms with Crippen molar-refractivity contribution in [3.8, 4) is 11.4 Å². The molecule has 0 spiro atoms. The van der Waals surface area contributed by atoms with Crippen LogP contribution in [0.2, 0.25) is 10.0 Å². The SMILES string of the molecule is CC1=C(/C(=C\NC=O)Oc2c(Cl)cc(-n3nc(N)c(=O)[nH]c3=O)cc2Cl)C2CCC1(C)CC2. The summed E-state index contributed by atoms with van der Waals surface area (Å²) < 4.78 is 7.06. The van der Waals surface area contributed by atoms with E-state index in [0.717, 1.165) is 35.9 Å². The maximum absolute atomic E-state index is 12.2. The molecule has 0 saturated heterocycles. The van der Waals surface area contributed by atoms with Crippen LogP contribution in [0.3, 0.4) is 0 Å². The summed E-state index contributed by atoms with van der Waals surface area (Å²) in [4.78, 5) is 36.7. The van der Waals surface area contributed by atoms with Gasteiger partial charge in [0.15, 0.2) is 5.75 Å². The molecule has 0 unspecified atom stereocenters. The van der Waals surface area contributed by atoms with Gasteiger partial charge >= 0.3 is 5.69 Å². The Kier molecular flexibility index (Phi) is 6.11. The lowest BCUT2D eigenvalue weighted by molar-refractivity contribution is -0.108. The fourth-order valence-corrected chi connectivity index (χ4v) is 5.22. The van der Waals surface area contributed by atoms with Crippen LogP contribution in [0.1, 0.15) is 39.5 Å². The van der Waals surface area contributed by atoms with Gasteiger partial charge in [0.25, 0.3) is 5.56 Å². The third kappa shape index (κ3) is 4.18. The molecule has 3 aliphatic rings. The van der Waals surface area contributed by atoms with E-state index < -0.39 is 11.2 Å². The zero-order valence-electron chi connectivity index (χ0n) is 18.1. The second-order valence-electron chi connectivity index (χ2n) is 8.56. The number of nitrogens with zero attached hydrogens (tertiary/aromatic N) is 2. The molecule has 1 heterocycles. The number of hydrogen-bond acceptors (Lipinski definition) is 6. The topological polar surface area (TPSA) is 132 Å². The normalized spacial score (nSPS) is 22.4. The maximum Gasteiger partial charge on any atom is 0.349 e. The van der Waals surface area contributed by atoms with E-state index in [1.807, 2.05) is 0 Å². The van der Waals surface area contributed by atoms with Gasteiger partial charge in [-0.1, -0.05) is 35.7 Å². The molecule has 1 saturated carbocycles. The van der Waals surface area contributed by atoms with E-state index in [9.17, 15) is 14.4 Å². The average molecular weight is 492 g/mol. The number of aromatic amines is 1. The summed E-state index contributed by atoms with van der Waals surface area (Å²) in [5.41, 5.74) is 6.51. The van der Waals surface area contributed by atoms with E-state index in [4.69, 9.17) is 33.7 Å². The standard InChI is InChI=1S/C22H23Cl2N5O4/c1-11-17(12-3-5-22(11,2)6-4-12)16(9-26-10-30)33-18-14(23)7-13(8-15(18)24)29-21(32)27-20(31)19(25)28-29/h7-10,12H,3-6H2,1-2H3,(H2,25,28)(H,26,30)(H,27,31,32)/b16-9+. The highest BCUT2D eigenvalue weighted by Gasteiger charge is 2.42. The van der Waals surface area contributed by atoms with Crippen LogP contribution in [-0.2, 0) is 4.79 Å². The molecule has 2 aromatic rings. The quantitative estimate of drug-likeness (QED) is 0.419. The number of hydrogen-bond donors (Lipinski definition) is 3. The highest BCUT2D eigenvalue weighted by atomic mass is 35.5. The predicted octanol–water partition coefficient (Wildman–Crippen LogP) is 3.30. The van der Waals surface area contributed by atoms with Gasteiger partial charge < -0.3 is 15.8 Å². The van der Waals surface area contributed by atoms with Gasteiger partial charge in [0, 0.05) is 6.20 Å². The van der Waals surface area contributed by atoms with E-state index in [1.165, 1.54) is 23.9 Å². The third-order valence-electron chi connectivity index (χ3n) is 6.65. The number of amides is 1. The van der Waals surface area contributed by atoms with Crippen molar-refractivity contribution >= 4 is 35.4 Å². The second-order valence-corrected chi connectivity index (χ2v) is 9.38. The molecule has 174 valence electrons. The molecule has 1 aromatic carbocycles. The first-order valence-corrected chi connectivity index (χ1v) is 11.2. The molecular weight excluding hydrogens is 469 g/mol. The van der Waals surface area contributed by atoms with E-state index >= 15 is 0 Å². The number of nitrogen functional groups attached to an aromatic ring is 1. The van der Waals surface area contributed by atoms with Crippen LogP contribution in [0.25, 0.3) is 5.69 Å². The molecule has 11 heteroatoms. The van der Waals surface area contributed by atoms with Gasteiger partial charge in [-0.2, -0.15) is 4.68 Å². The minimum atomic E-state index is -0.793. The average Bonchev–Trinajstić information content (AvgIpc) is 2.77. The molecule has 2 bridgehead atoms. The molecule has 1 aromatic heterocycles. The Morgan fingerprint density at radius 1 is 1.30 bits per heavy atom. The first-order valence-electron chi connectivity index (χ1n) is 10.4. The molecule has 3 aliphatic carbocycles. The Balaban J connectivity index is 1.76. The van der Waals surface area contributed by atoms with E-state index in [-0.39, 0.29) is 32.7 Å². The van der Waals surface area contributed by atoms with Crippen molar-refractivity contribution in [1.29, 1.82) is 0 Å². The molecule has 9 nitrogen and oxygen atoms in total. The number of carbonyl (C=O) groups excluding carboxylic acids is 1. The number of anilines is 1. The van der Waals surface area contributed by atoms with Crippen LogP contribution < -0.4 is 27.0 Å². The largest absolute Gasteiger partial charge is 0.452 e. The van der Waals surface area contributed by atoms with Crippen LogP contribution in [0.15, 0.2) is 44.8 Å². The Morgan fingerprint density at radius 2 is 1.94 bits per heavy atom. The number of ether oxygens (including phenoxy) is 1. The van der Waals surface area contributed by atoms with Crippen molar-refractivity contribution in [2.75, 3.05) is 5.73 Å². The summed E-state index contributed by atoms with van der Waals surface area (Å²) in [7, 11) is 0.